The van der Waals surface area contributed by atoms with Crippen molar-refractivity contribution in [3.8, 4) is 0 Å². The molecule has 2 aromatic carbocycles. The van der Waals surface area contributed by atoms with Gasteiger partial charge in [0, 0.05) is 16.6 Å². The number of hydrogen-bond donors (Lipinski definition) is 0. The Bertz CT molecular complexity index is 1190. The molecular formula is C23H17Cl2F3N2O3. The van der Waals surface area contributed by atoms with E-state index >= 15 is 0 Å². The van der Waals surface area contributed by atoms with Gasteiger partial charge in [-0.3, -0.25) is 19.3 Å². The van der Waals surface area contributed by atoms with Gasteiger partial charge >= 0.3 is 6.18 Å². The summed E-state index contributed by atoms with van der Waals surface area (Å²) in [6.45, 7) is 0.513. The van der Waals surface area contributed by atoms with Gasteiger partial charge in [-0.15, -0.1) is 0 Å². The second-order valence-corrected chi connectivity index (χ2v) is 9.30. The molecule has 0 bridgehead atoms. The zero-order valence-electron chi connectivity index (χ0n) is 17.0. The summed E-state index contributed by atoms with van der Waals surface area (Å²) < 4.78 is 40.9. The van der Waals surface area contributed by atoms with Crippen LogP contribution in [0.2, 0.25) is 10.0 Å². The Kier molecular flexibility index (Phi) is 5.30. The molecule has 0 radical (unpaired) electrons. The lowest BCUT2D eigenvalue weighted by Gasteiger charge is -2.28. The highest BCUT2D eigenvalue weighted by molar-refractivity contribution is 6.37. The fourth-order valence-electron chi connectivity index (χ4n) is 5.51. The van der Waals surface area contributed by atoms with Gasteiger partial charge in [0.1, 0.15) is 0 Å². The van der Waals surface area contributed by atoms with Crippen LogP contribution in [-0.2, 0) is 15.8 Å². The first kappa shape index (κ1) is 22.4. The van der Waals surface area contributed by atoms with Crippen LogP contribution in [0.5, 0.6) is 0 Å². The number of para-hydroxylation sites is 1. The number of Topliss-reactive ketones (excluding diaryl/α,β-unsaturated/α-hetero) is 1. The summed E-state index contributed by atoms with van der Waals surface area (Å²) >= 11 is 12.2. The first-order valence-electron chi connectivity index (χ1n) is 10.4. The Balaban J connectivity index is 1.59. The van der Waals surface area contributed by atoms with Crippen molar-refractivity contribution in [3.63, 3.8) is 0 Å². The van der Waals surface area contributed by atoms with E-state index in [1.54, 1.807) is 0 Å². The average molecular weight is 497 g/mol. The zero-order chi connectivity index (χ0) is 23.7. The van der Waals surface area contributed by atoms with Crippen molar-refractivity contribution in [1.82, 2.24) is 4.90 Å². The van der Waals surface area contributed by atoms with E-state index in [4.69, 9.17) is 23.2 Å². The maximum atomic E-state index is 13.6. The quantitative estimate of drug-likeness (QED) is 0.450. The average Bonchev–Trinajstić information content (AvgIpc) is 3.39. The summed E-state index contributed by atoms with van der Waals surface area (Å²) in [5.41, 5.74) is -1.42. The highest BCUT2D eigenvalue weighted by atomic mass is 35.5. The van der Waals surface area contributed by atoms with E-state index in [2.05, 4.69) is 0 Å². The minimum atomic E-state index is -4.75. The molecule has 3 aliphatic rings. The molecule has 0 aliphatic carbocycles. The Morgan fingerprint density at radius 2 is 1.70 bits per heavy atom. The van der Waals surface area contributed by atoms with Crippen molar-refractivity contribution in [1.29, 1.82) is 0 Å². The van der Waals surface area contributed by atoms with E-state index in [9.17, 15) is 27.6 Å². The Labute approximate surface area is 197 Å². The molecule has 3 heterocycles. The Hall–Kier alpha value is -2.42. The lowest BCUT2D eigenvalue weighted by molar-refractivity contribution is -0.137. The Morgan fingerprint density at radius 3 is 2.39 bits per heavy atom. The summed E-state index contributed by atoms with van der Waals surface area (Å²) in [5.74, 6) is -3.90. The first-order valence-corrected chi connectivity index (χ1v) is 11.2. The molecule has 10 heteroatoms. The van der Waals surface area contributed by atoms with E-state index in [0.717, 1.165) is 12.1 Å². The molecule has 0 spiro atoms. The van der Waals surface area contributed by atoms with Crippen molar-refractivity contribution >= 4 is 46.5 Å². The van der Waals surface area contributed by atoms with Crippen molar-refractivity contribution in [2.75, 3.05) is 11.4 Å². The SMILES string of the molecule is O=C(c1ccc(Cl)cc1Cl)C1C2C(=O)N(c3ccccc3C(F)(F)F)C(=O)C2C2CCCN21. The van der Waals surface area contributed by atoms with Gasteiger partial charge in [-0.05, 0) is 49.7 Å². The molecule has 2 amide bonds. The van der Waals surface area contributed by atoms with Crippen molar-refractivity contribution < 1.29 is 27.6 Å². The number of anilines is 1. The van der Waals surface area contributed by atoms with E-state index in [-0.39, 0.29) is 10.6 Å². The maximum Gasteiger partial charge on any atom is 0.418 e. The molecule has 3 fully saturated rings. The third kappa shape index (κ3) is 3.38. The second-order valence-electron chi connectivity index (χ2n) is 8.46. The minimum absolute atomic E-state index is 0.114. The number of amides is 2. The van der Waals surface area contributed by atoms with Gasteiger partial charge in [-0.1, -0.05) is 35.3 Å². The number of alkyl halides is 3. The predicted octanol–water partition coefficient (Wildman–Crippen LogP) is 4.85. The van der Waals surface area contributed by atoms with Crippen LogP contribution in [0.1, 0.15) is 28.8 Å². The fraction of sp³-hybridized carbons (Fsp3) is 0.348. The number of halogens is 5. The molecule has 2 aromatic rings. The van der Waals surface area contributed by atoms with Crippen molar-refractivity contribution in [2.45, 2.75) is 31.1 Å². The second kappa shape index (κ2) is 7.82. The van der Waals surface area contributed by atoms with Crippen LogP contribution in [-0.4, -0.2) is 41.1 Å². The summed E-state index contributed by atoms with van der Waals surface area (Å²) in [6, 6.07) is 7.49. The van der Waals surface area contributed by atoms with E-state index in [0.29, 0.717) is 29.3 Å². The maximum absolute atomic E-state index is 13.6. The fourth-order valence-corrected chi connectivity index (χ4v) is 6.01. The molecular weight excluding hydrogens is 480 g/mol. The first-order chi connectivity index (χ1) is 15.6. The topological polar surface area (TPSA) is 57.7 Å². The molecule has 5 nitrogen and oxygen atoms in total. The van der Waals surface area contributed by atoms with Crippen molar-refractivity contribution in [2.24, 2.45) is 11.8 Å². The number of carbonyl (C=O) groups excluding carboxylic acids is 3. The standard InChI is InChI=1S/C23H17Cl2F3N2O3/c24-11-7-8-12(14(25)10-11)20(31)19-18-17(16-6-3-9-29(16)19)21(32)30(22(18)33)15-5-2-1-4-13(15)23(26,27)28/h1-2,4-5,7-8,10,16-19H,3,6,9H2. The number of benzene rings is 2. The lowest BCUT2D eigenvalue weighted by atomic mass is 9.85. The molecule has 0 N–H and O–H groups in total. The Morgan fingerprint density at radius 1 is 1.00 bits per heavy atom. The molecule has 4 atom stereocenters. The number of hydrogen-bond acceptors (Lipinski definition) is 4. The molecule has 33 heavy (non-hydrogen) atoms. The molecule has 3 aliphatic heterocycles. The highest BCUT2D eigenvalue weighted by Gasteiger charge is 2.65. The van der Waals surface area contributed by atoms with Crippen LogP contribution >= 0.6 is 23.2 Å². The third-order valence-electron chi connectivity index (χ3n) is 6.77. The molecule has 3 saturated heterocycles. The largest absolute Gasteiger partial charge is 0.418 e. The minimum Gasteiger partial charge on any atom is -0.292 e. The molecule has 4 unspecified atom stereocenters. The summed E-state index contributed by atoms with van der Waals surface area (Å²) in [6.07, 6.45) is -3.46. The van der Waals surface area contributed by atoms with E-state index in [1.165, 1.54) is 30.3 Å². The smallest absolute Gasteiger partial charge is 0.292 e. The third-order valence-corrected chi connectivity index (χ3v) is 7.32. The van der Waals surface area contributed by atoms with Gasteiger partial charge in [0.15, 0.2) is 5.78 Å². The summed E-state index contributed by atoms with van der Waals surface area (Å²) in [7, 11) is 0. The number of imide groups is 1. The van der Waals surface area contributed by atoms with Crippen LogP contribution in [0.15, 0.2) is 42.5 Å². The molecule has 5 rings (SSSR count). The highest BCUT2D eigenvalue weighted by Crippen LogP contribution is 2.50. The number of nitrogens with zero attached hydrogens (tertiary/aromatic N) is 2. The molecule has 0 aromatic heterocycles. The zero-order valence-corrected chi connectivity index (χ0v) is 18.5. The van der Waals surface area contributed by atoms with Gasteiger partial charge in [-0.25, -0.2) is 4.90 Å². The number of rotatable bonds is 3. The molecule has 0 saturated carbocycles. The van der Waals surface area contributed by atoms with Crippen LogP contribution in [0.3, 0.4) is 0 Å². The van der Waals surface area contributed by atoms with Gasteiger partial charge in [0.05, 0.1) is 34.2 Å². The lowest BCUT2D eigenvalue weighted by Crippen LogP contribution is -2.46. The van der Waals surface area contributed by atoms with Gasteiger partial charge in [0.25, 0.3) is 0 Å². The van der Waals surface area contributed by atoms with Gasteiger partial charge < -0.3 is 0 Å². The van der Waals surface area contributed by atoms with E-state index < -0.39 is 58.9 Å². The number of fused-ring (bicyclic) bond motifs is 3. The van der Waals surface area contributed by atoms with Gasteiger partial charge in [-0.2, -0.15) is 13.2 Å². The van der Waals surface area contributed by atoms with Crippen LogP contribution < -0.4 is 4.90 Å². The summed E-state index contributed by atoms with van der Waals surface area (Å²) in [5, 5.41) is 0.449. The van der Waals surface area contributed by atoms with Crippen molar-refractivity contribution in [3.05, 3.63) is 63.6 Å². The van der Waals surface area contributed by atoms with Gasteiger partial charge in [0.2, 0.25) is 11.8 Å². The predicted molar refractivity (Wildman–Crippen MR) is 115 cm³/mol. The number of ketones is 1. The monoisotopic (exact) mass is 496 g/mol. The van der Waals surface area contributed by atoms with Crippen LogP contribution in [0, 0.1) is 11.8 Å². The summed E-state index contributed by atoms with van der Waals surface area (Å²) in [4.78, 5) is 42.9. The van der Waals surface area contributed by atoms with Crippen LogP contribution in [0.4, 0.5) is 18.9 Å². The number of carbonyl (C=O) groups is 3. The van der Waals surface area contributed by atoms with Crippen LogP contribution in [0.25, 0.3) is 0 Å². The van der Waals surface area contributed by atoms with E-state index in [1.807, 2.05) is 4.90 Å². The molecule has 172 valence electrons. The normalized spacial score (nSPS) is 27.2.